The summed E-state index contributed by atoms with van der Waals surface area (Å²) >= 11 is 6.01. The smallest absolute Gasteiger partial charge is 0.0722 e. The summed E-state index contributed by atoms with van der Waals surface area (Å²) in [6.45, 7) is 6.46. The summed E-state index contributed by atoms with van der Waals surface area (Å²) in [5.41, 5.74) is 5.46. The first kappa shape index (κ1) is 13.1. The fraction of sp³-hybridized carbons (Fsp3) is 0.357. The number of anilines is 1. The van der Waals surface area contributed by atoms with E-state index in [4.69, 9.17) is 22.4 Å². The summed E-state index contributed by atoms with van der Waals surface area (Å²) in [7, 11) is 0. The van der Waals surface area contributed by atoms with Gasteiger partial charge >= 0.3 is 0 Å². The van der Waals surface area contributed by atoms with Crippen molar-refractivity contribution in [3.05, 3.63) is 35.0 Å². The maximum atomic E-state index is 6.01. The Kier molecular flexibility index (Phi) is 3.46. The molecule has 0 aliphatic heterocycles. The van der Waals surface area contributed by atoms with Crippen molar-refractivity contribution in [1.29, 1.82) is 0 Å². The summed E-state index contributed by atoms with van der Waals surface area (Å²) in [5.74, 6) is 5.61. The largest absolute Gasteiger partial charge is 0.322 e. The van der Waals surface area contributed by atoms with Gasteiger partial charge in [0.1, 0.15) is 0 Å². The van der Waals surface area contributed by atoms with E-state index in [-0.39, 0.29) is 5.41 Å². The van der Waals surface area contributed by atoms with Gasteiger partial charge in [0.15, 0.2) is 0 Å². The van der Waals surface area contributed by atoms with E-state index >= 15 is 0 Å². The van der Waals surface area contributed by atoms with Crippen LogP contribution in [0.3, 0.4) is 0 Å². The normalized spacial score (nSPS) is 11.8. The van der Waals surface area contributed by atoms with Gasteiger partial charge in [-0.15, -0.1) is 0 Å². The number of aromatic nitrogens is 1. The van der Waals surface area contributed by atoms with Crippen molar-refractivity contribution >= 4 is 28.2 Å². The molecule has 4 heteroatoms. The van der Waals surface area contributed by atoms with Crippen LogP contribution in [0.25, 0.3) is 10.9 Å². The lowest BCUT2D eigenvalue weighted by molar-refractivity contribution is 0.494. The van der Waals surface area contributed by atoms with Crippen molar-refractivity contribution in [2.45, 2.75) is 32.6 Å². The van der Waals surface area contributed by atoms with Crippen LogP contribution in [0.4, 0.5) is 5.69 Å². The Bertz CT molecular complexity index is 579. The van der Waals surface area contributed by atoms with E-state index in [1.807, 2.05) is 24.3 Å². The summed E-state index contributed by atoms with van der Waals surface area (Å²) in [6.07, 6.45) is 0.987. The van der Waals surface area contributed by atoms with E-state index in [0.29, 0.717) is 5.02 Å². The molecule has 0 saturated heterocycles. The molecule has 0 amide bonds. The van der Waals surface area contributed by atoms with Crippen molar-refractivity contribution in [2.75, 3.05) is 5.43 Å². The van der Waals surface area contributed by atoms with Gasteiger partial charge in [0.2, 0.25) is 0 Å². The SMILES string of the molecule is CCC(C)(C)c1nc2cc(Cl)ccc2cc1NN. The fourth-order valence-electron chi connectivity index (χ4n) is 1.93. The number of rotatable bonds is 3. The first-order valence-corrected chi connectivity index (χ1v) is 6.43. The van der Waals surface area contributed by atoms with E-state index in [1.165, 1.54) is 0 Å². The molecule has 3 nitrogen and oxygen atoms in total. The number of fused-ring (bicyclic) bond motifs is 1. The number of hydrazine groups is 1. The maximum absolute atomic E-state index is 6.01. The van der Waals surface area contributed by atoms with Gasteiger partial charge < -0.3 is 5.43 Å². The molecule has 1 heterocycles. The van der Waals surface area contributed by atoms with Gasteiger partial charge in [-0.25, -0.2) is 4.98 Å². The quantitative estimate of drug-likeness (QED) is 0.653. The number of hydrogen-bond donors (Lipinski definition) is 2. The minimum atomic E-state index is -0.0296. The average Bonchev–Trinajstić information content (AvgIpc) is 2.37. The number of nitrogen functional groups attached to an aromatic ring is 1. The van der Waals surface area contributed by atoms with Crippen LogP contribution in [-0.4, -0.2) is 4.98 Å². The zero-order valence-electron chi connectivity index (χ0n) is 10.9. The lowest BCUT2D eigenvalue weighted by Crippen LogP contribution is -2.22. The lowest BCUT2D eigenvalue weighted by Gasteiger charge is -2.25. The van der Waals surface area contributed by atoms with Gasteiger partial charge in [0, 0.05) is 15.8 Å². The molecular weight excluding hydrogens is 246 g/mol. The number of nitrogens with two attached hydrogens (primary N) is 1. The number of hydrogen-bond acceptors (Lipinski definition) is 3. The second-order valence-corrected chi connectivity index (χ2v) is 5.54. The Morgan fingerprint density at radius 2 is 2.06 bits per heavy atom. The standard InChI is InChI=1S/C14H18ClN3/c1-4-14(2,3)13-12(18-16)7-9-5-6-10(15)8-11(9)17-13/h5-8,18H,4,16H2,1-3H3. The van der Waals surface area contributed by atoms with Crippen LogP contribution in [0.1, 0.15) is 32.9 Å². The molecule has 0 atom stereocenters. The molecule has 0 saturated carbocycles. The highest BCUT2D eigenvalue weighted by Crippen LogP contribution is 2.33. The molecule has 1 aromatic carbocycles. The average molecular weight is 264 g/mol. The predicted octanol–water partition coefficient (Wildman–Crippen LogP) is 3.86. The molecule has 0 radical (unpaired) electrons. The third-order valence-corrected chi connectivity index (χ3v) is 3.70. The predicted molar refractivity (Wildman–Crippen MR) is 77.9 cm³/mol. The molecule has 0 fully saturated rings. The maximum Gasteiger partial charge on any atom is 0.0722 e. The Morgan fingerprint density at radius 1 is 1.33 bits per heavy atom. The highest BCUT2D eigenvalue weighted by molar-refractivity contribution is 6.31. The highest BCUT2D eigenvalue weighted by Gasteiger charge is 2.23. The van der Waals surface area contributed by atoms with Gasteiger partial charge in [-0.3, -0.25) is 5.84 Å². The molecule has 0 bridgehead atoms. The molecular formula is C14H18ClN3. The highest BCUT2D eigenvalue weighted by atomic mass is 35.5. The third kappa shape index (κ3) is 2.28. The second kappa shape index (κ2) is 4.75. The van der Waals surface area contributed by atoms with E-state index in [1.54, 1.807) is 0 Å². The van der Waals surface area contributed by atoms with Gasteiger partial charge in [-0.05, 0) is 24.6 Å². The molecule has 0 aliphatic rings. The Balaban J connectivity index is 2.71. The van der Waals surface area contributed by atoms with Gasteiger partial charge in [0.25, 0.3) is 0 Å². The van der Waals surface area contributed by atoms with Crippen molar-refractivity contribution in [3.8, 4) is 0 Å². The van der Waals surface area contributed by atoms with Crippen molar-refractivity contribution in [2.24, 2.45) is 5.84 Å². The van der Waals surface area contributed by atoms with Crippen LogP contribution >= 0.6 is 11.6 Å². The van der Waals surface area contributed by atoms with E-state index < -0.39 is 0 Å². The molecule has 18 heavy (non-hydrogen) atoms. The van der Waals surface area contributed by atoms with Crippen LogP contribution in [-0.2, 0) is 5.41 Å². The summed E-state index contributed by atoms with van der Waals surface area (Å²) in [6, 6.07) is 7.71. The van der Waals surface area contributed by atoms with Crippen LogP contribution in [0.15, 0.2) is 24.3 Å². The van der Waals surface area contributed by atoms with Gasteiger partial charge in [0.05, 0.1) is 16.9 Å². The first-order chi connectivity index (χ1) is 8.47. The van der Waals surface area contributed by atoms with Crippen molar-refractivity contribution in [1.82, 2.24) is 4.98 Å². The number of pyridine rings is 1. The van der Waals surface area contributed by atoms with E-state index in [2.05, 4.69) is 26.2 Å². The lowest BCUT2D eigenvalue weighted by atomic mass is 9.85. The zero-order chi connectivity index (χ0) is 13.3. The monoisotopic (exact) mass is 263 g/mol. The molecule has 96 valence electrons. The minimum absolute atomic E-state index is 0.0296. The number of halogens is 1. The zero-order valence-corrected chi connectivity index (χ0v) is 11.7. The Labute approximate surface area is 112 Å². The second-order valence-electron chi connectivity index (χ2n) is 5.10. The van der Waals surface area contributed by atoms with Crippen LogP contribution < -0.4 is 11.3 Å². The van der Waals surface area contributed by atoms with Crippen LogP contribution in [0.5, 0.6) is 0 Å². The molecule has 0 spiro atoms. The first-order valence-electron chi connectivity index (χ1n) is 6.05. The molecule has 2 rings (SSSR count). The van der Waals surface area contributed by atoms with E-state index in [0.717, 1.165) is 28.7 Å². The van der Waals surface area contributed by atoms with E-state index in [9.17, 15) is 0 Å². The molecule has 3 N–H and O–H groups in total. The van der Waals surface area contributed by atoms with Crippen LogP contribution in [0.2, 0.25) is 5.02 Å². The summed E-state index contributed by atoms with van der Waals surface area (Å²) in [4.78, 5) is 4.72. The van der Waals surface area contributed by atoms with Gasteiger partial charge in [-0.1, -0.05) is 38.4 Å². The summed E-state index contributed by atoms with van der Waals surface area (Å²) < 4.78 is 0. The third-order valence-electron chi connectivity index (χ3n) is 3.46. The van der Waals surface area contributed by atoms with Crippen molar-refractivity contribution in [3.63, 3.8) is 0 Å². The van der Waals surface area contributed by atoms with Gasteiger partial charge in [-0.2, -0.15) is 0 Å². The summed E-state index contributed by atoms with van der Waals surface area (Å²) in [5, 5.41) is 1.73. The molecule has 1 aromatic heterocycles. The fourth-order valence-corrected chi connectivity index (χ4v) is 2.10. The molecule has 2 aromatic rings. The Morgan fingerprint density at radius 3 is 2.67 bits per heavy atom. The number of nitrogens with zero attached hydrogens (tertiary/aromatic N) is 1. The van der Waals surface area contributed by atoms with Crippen molar-refractivity contribution < 1.29 is 0 Å². The number of benzene rings is 1. The molecule has 0 unspecified atom stereocenters. The molecule has 0 aliphatic carbocycles. The number of nitrogens with one attached hydrogen (secondary N) is 1. The topological polar surface area (TPSA) is 50.9 Å². The Hall–Kier alpha value is -1.32. The van der Waals surface area contributed by atoms with Crippen LogP contribution in [0, 0.1) is 0 Å². The minimum Gasteiger partial charge on any atom is -0.322 e.